The quantitative estimate of drug-likeness (QED) is 0.724. The second-order valence-corrected chi connectivity index (χ2v) is 6.75. The molecule has 0 amide bonds. The first-order chi connectivity index (χ1) is 12.2. The summed E-state index contributed by atoms with van der Waals surface area (Å²) in [7, 11) is 0. The lowest BCUT2D eigenvalue weighted by molar-refractivity contribution is 0.143. The van der Waals surface area contributed by atoms with E-state index in [-0.39, 0.29) is 5.92 Å². The molecule has 3 heterocycles. The minimum Gasteiger partial charge on any atom is -0.339 e. The van der Waals surface area contributed by atoms with Crippen molar-refractivity contribution in [2.45, 2.75) is 32.4 Å². The van der Waals surface area contributed by atoms with Gasteiger partial charge in [0, 0.05) is 12.1 Å². The number of H-pyrrole nitrogens is 1. The molecule has 0 spiro atoms. The van der Waals surface area contributed by atoms with Crippen LogP contribution in [0.25, 0.3) is 11.4 Å². The van der Waals surface area contributed by atoms with Crippen molar-refractivity contribution in [1.82, 2.24) is 29.8 Å². The highest BCUT2D eigenvalue weighted by atomic mass is 32.1. The first-order valence-electron chi connectivity index (χ1n) is 8.44. The van der Waals surface area contributed by atoms with Crippen molar-refractivity contribution in [3.63, 3.8) is 0 Å². The first-order valence-corrected chi connectivity index (χ1v) is 8.85. The van der Waals surface area contributed by atoms with E-state index in [2.05, 4.69) is 25.1 Å². The van der Waals surface area contributed by atoms with Crippen LogP contribution in [0.4, 0.5) is 0 Å². The Balaban J connectivity index is 1.48. The predicted molar refractivity (Wildman–Crippen MR) is 95.4 cm³/mol. The molecule has 130 valence electrons. The molecule has 7 nitrogen and oxygen atoms in total. The van der Waals surface area contributed by atoms with Crippen LogP contribution in [0.1, 0.15) is 30.5 Å². The number of nitrogens with zero attached hydrogens (tertiary/aromatic N) is 5. The number of rotatable bonds is 4. The summed E-state index contributed by atoms with van der Waals surface area (Å²) in [5.74, 6) is 2.50. The van der Waals surface area contributed by atoms with Crippen molar-refractivity contribution < 1.29 is 4.52 Å². The lowest BCUT2D eigenvalue weighted by Gasteiger charge is -2.30. The monoisotopic (exact) mass is 356 g/mol. The van der Waals surface area contributed by atoms with Crippen LogP contribution in [0.15, 0.2) is 34.9 Å². The highest BCUT2D eigenvalue weighted by Gasteiger charge is 2.26. The van der Waals surface area contributed by atoms with Gasteiger partial charge in [-0.2, -0.15) is 9.97 Å². The fraction of sp³-hybridized carbons (Fsp3) is 0.412. The van der Waals surface area contributed by atoms with Gasteiger partial charge in [-0.3, -0.25) is 10.00 Å². The second-order valence-electron chi connectivity index (χ2n) is 6.39. The number of aromatic nitrogens is 5. The summed E-state index contributed by atoms with van der Waals surface area (Å²) in [5.41, 5.74) is 1.03. The molecule has 1 unspecified atom stereocenters. The molecule has 1 atom stereocenters. The van der Waals surface area contributed by atoms with Crippen LogP contribution >= 0.6 is 12.2 Å². The van der Waals surface area contributed by atoms with Crippen LogP contribution in [-0.4, -0.2) is 42.9 Å². The molecule has 0 saturated carbocycles. The minimum atomic E-state index is 0.278. The van der Waals surface area contributed by atoms with Crippen LogP contribution in [0.3, 0.4) is 0 Å². The Morgan fingerprint density at radius 2 is 2.12 bits per heavy atom. The number of hydrogen-bond acceptors (Lipinski definition) is 6. The Morgan fingerprint density at radius 1 is 1.28 bits per heavy atom. The van der Waals surface area contributed by atoms with Gasteiger partial charge >= 0.3 is 0 Å². The van der Waals surface area contributed by atoms with Gasteiger partial charge in [-0.1, -0.05) is 35.5 Å². The van der Waals surface area contributed by atoms with E-state index in [4.69, 9.17) is 16.7 Å². The zero-order valence-corrected chi connectivity index (χ0v) is 14.9. The third kappa shape index (κ3) is 3.54. The smallest absolute Gasteiger partial charge is 0.231 e. The van der Waals surface area contributed by atoms with Crippen molar-refractivity contribution >= 4 is 12.2 Å². The van der Waals surface area contributed by atoms with E-state index in [0.29, 0.717) is 17.3 Å². The molecule has 1 aliphatic rings. The number of nitrogens with one attached hydrogen (secondary N) is 1. The summed E-state index contributed by atoms with van der Waals surface area (Å²) in [6.45, 7) is 4.43. The highest BCUT2D eigenvalue weighted by Crippen LogP contribution is 2.26. The van der Waals surface area contributed by atoms with Crippen molar-refractivity contribution in [3.8, 4) is 11.4 Å². The molecular weight excluding hydrogens is 336 g/mol. The number of likely N-dealkylation sites (tertiary alicyclic amines) is 1. The van der Waals surface area contributed by atoms with E-state index in [9.17, 15) is 0 Å². The molecule has 0 aliphatic carbocycles. The Hall–Kier alpha value is -2.32. The summed E-state index contributed by atoms with van der Waals surface area (Å²) in [6, 6.07) is 10.0. The Labute approximate surface area is 150 Å². The second kappa shape index (κ2) is 6.89. The Morgan fingerprint density at radius 3 is 2.88 bits per heavy atom. The number of aromatic amines is 1. The first kappa shape index (κ1) is 16.2. The van der Waals surface area contributed by atoms with Gasteiger partial charge in [0.15, 0.2) is 11.6 Å². The number of piperidine rings is 1. The van der Waals surface area contributed by atoms with Crippen LogP contribution in [0, 0.1) is 11.7 Å². The lowest BCUT2D eigenvalue weighted by Crippen LogP contribution is -2.36. The maximum Gasteiger partial charge on any atom is 0.231 e. The van der Waals surface area contributed by atoms with Crippen LogP contribution in [-0.2, 0) is 6.67 Å². The molecule has 1 aliphatic heterocycles. The molecule has 8 heteroatoms. The van der Waals surface area contributed by atoms with Gasteiger partial charge in [-0.15, -0.1) is 0 Å². The van der Waals surface area contributed by atoms with Gasteiger partial charge in [0.1, 0.15) is 0 Å². The summed E-state index contributed by atoms with van der Waals surface area (Å²) < 4.78 is 7.83. The predicted octanol–water partition coefficient (Wildman–Crippen LogP) is 3.14. The van der Waals surface area contributed by atoms with Crippen molar-refractivity contribution in [2.24, 2.45) is 0 Å². The molecule has 0 radical (unpaired) electrons. The third-order valence-corrected chi connectivity index (χ3v) is 4.78. The maximum atomic E-state index is 5.42. The lowest BCUT2D eigenvalue weighted by atomic mass is 9.98. The molecule has 4 rings (SSSR count). The molecule has 3 aromatic rings. The van der Waals surface area contributed by atoms with Crippen molar-refractivity contribution in [3.05, 3.63) is 46.8 Å². The number of benzene rings is 1. The largest absolute Gasteiger partial charge is 0.339 e. The zero-order valence-electron chi connectivity index (χ0n) is 14.1. The average molecular weight is 356 g/mol. The van der Waals surface area contributed by atoms with E-state index >= 15 is 0 Å². The van der Waals surface area contributed by atoms with Crippen LogP contribution < -0.4 is 0 Å². The molecule has 1 saturated heterocycles. The number of aryl methyl sites for hydroxylation is 1. The SMILES string of the molecule is Cc1noc(C2CCCN(Cn3[nH]c(-c4ccccc4)nc3=S)C2)n1. The van der Waals surface area contributed by atoms with E-state index in [1.807, 2.05) is 41.9 Å². The van der Waals surface area contributed by atoms with Gasteiger partial charge < -0.3 is 4.52 Å². The van der Waals surface area contributed by atoms with Gasteiger partial charge in [0.05, 0.1) is 12.6 Å². The Bertz CT molecular complexity index is 899. The summed E-state index contributed by atoms with van der Waals surface area (Å²) in [4.78, 5) is 11.2. The van der Waals surface area contributed by atoms with E-state index in [1.54, 1.807) is 0 Å². The fourth-order valence-corrected chi connectivity index (χ4v) is 3.44. The molecule has 2 aromatic heterocycles. The van der Waals surface area contributed by atoms with Gasteiger partial charge in [0.2, 0.25) is 10.7 Å². The third-order valence-electron chi connectivity index (χ3n) is 4.47. The number of hydrogen-bond donors (Lipinski definition) is 1. The van der Waals surface area contributed by atoms with Gasteiger partial charge in [-0.05, 0) is 38.5 Å². The van der Waals surface area contributed by atoms with E-state index in [0.717, 1.165) is 43.2 Å². The van der Waals surface area contributed by atoms with Gasteiger partial charge in [-0.25, -0.2) is 4.68 Å². The molecule has 1 aromatic carbocycles. The average Bonchev–Trinajstić information content (AvgIpc) is 3.22. The van der Waals surface area contributed by atoms with Crippen molar-refractivity contribution in [1.29, 1.82) is 0 Å². The molecule has 1 N–H and O–H groups in total. The molecule has 1 fully saturated rings. The Kier molecular flexibility index (Phi) is 4.46. The summed E-state index contributed by atoms with van der Waals surface area (Å²) >= 11 is 5.42. The fourth-order valence-electron chi connectivity index (χ4n) is 3.24. The molecule has 0 bridgehead atoms. The topological polar surface area (TPSA) is 75.8 Å². The molecular formula is C17H20N6OS. The van der Waals surface area contributed by atoms with Crippen molar-refractivity contribution in [2.75, 3.05) is 13.1 Å². The van der Waals surface area contributed by atoms with Crippen LogP contribution in [0.2, 0.25) is 0 Å². The standard InChI is InChI=1S/C17H20N6OS/c1-12-18-16(24-21-12)14-8-5-9-22(10-14)11-23-17(25)19-15(20-23)13-6-3-2-4-7-13/h2-4,6-7,14H,5,8-11H2,1H3,(H,19,20,25). The normalized spacial score (nSPS) is 18.5. The maximum absolute atomic E-state index is 5.42. The van der Waals surface area contributed by atoms with Crippen LogP contribution in [0.5, 0.6) is 0 Å². The highest BCUT2D eigenvalue weighted by molar-refractivity contribution is 7.71. The van der Waals surface area contributed by atoms with Gasteiger partial charge in [0.25, 0.3) is 0 Å². The summed E-state index contributed by atoms with van der Waals surface area (Å²) in [6.07, 6.45) is 2.17. The zero-order chi connectivity index (χ0) is 17.2. The molecule has 25 heavy (non-hydrogen) atoms. The van der Waals surface area contributed by atoms with E-state index in [1.165, 1.54) is 0 Å². The summed E-state index contributed by atoms with van der Waals surface area (Å²) in [5, 5.41) is 7.22. The minimum absolute atomic E-state index is 0.278. The van der Waals surface area contributed by atoms with E-state index < -0.39 is 0 Å².